The van der Waals surface area contributed by atoms with E-state index in [2.05, 4.69) is 16.3 Å². The summed E-state index contributed by atoms with van der Waals surface area (Å²) in [5.41, 5.74) is 8.00. The fourth-order valence-electron chi connectivity index (χ4n) is 1.10. The minimum atomic E-state index is -0.661. The van der Waals surface area contributed by atoms with Gasteiger partial charge in [-0.2, -0.15) is 0 Å². The molecule has 6 heteroatoms. The maximum Gasteiger partial charge on any atom is 0.0908 e. The fourth-order valence-corrected chi connectivity index (χ4v) is 1.10. The maximum absolute atomic E-state index is 9.42. The molecule has 6 nitrogen and oxygen atoms in total. The van der Waals surface area contributed by atoms with E-state index in [1.807, 2.05) is 0 Å². The number of aliphatic hydroxyl groups is 2. The second kappa shape index (κ2) is 3.96. The van der Waals surface area contributed by atoms with Crippen molar-refractivity contribution in [3.63, 3.8) is 0 Å². The zero-order valence-corrected chi connectivity index (χ0v) is 6.12. The molecule has 1 aliphatic rings. The number of hydrogen-bond donors (Lipinski definition) is 6. The average molecular weight is 162 g/mol. The molecule has 1 aliphatic heterocycles. The van der Waals surface area contributed by atoms with E-state index in [9.17, 15) is 5.11 Å². The van der Waals surface area contributed by atoms with Gasteiger partial charge in [0.15, 0.2) is 0 Å². The standard InChI is InChI=1S/C5H14N4O2/c6-8-3-1-7-9-4(2-10)5(3)11/h3-5,7-11H,1-2,6H2. The summed E-state index contributed by atoms with van der Waals surface area (Å²) in [4.78, 5) is 0. The smallest absolute Gasteiger partial charge is 0.0908 e. The van der Waals surface area contributed by atoms with Crippen LogP contribution >= 0.6 is 0 Å². The number of hydrazine groups is 2. The van der Waals surface area contributed by atoms with Gasteiger partial charge in [0.1, 0.15) is 0 Å². The first-order valence-corrected chi connectivity index (χ1v) is 3.53. The number of aliphatic hydroxyl groups excluding tert-OH is 2. The molecule has 1 saturated heterocycles. The van der Waals surface area contributed by atoms with Crippen LogP contribution in [-0.4, -0.2) is 41.6 Å². The third-order valence-corrected chi connectivity index (χ3v) is 1.84. The molecule has 3 atom stereocenters. The van der Waals surface area contributed by atoms with Gasteiger partial charge in [-0.3, -0.25) is 16.7 Å². The topological polar surface area (TPSA) is 103 Å². The lowest BCUT2D eigenvalue weighted by atomic mass is 10.0. The summed E-state index contributed by atoms with van der Waals surface area (Å²) < 4.78 is 0. The van der Waals surface area contributed by atoms with Gasteiger partial charge in [0.05, 0.1) is 24.8 Å². The minimum Gasteiger partial charge on any atom is -0.395 e. The lowest BCUT2D eigenvalue weighted by Gasteiger charge is -2.34. The number of nitrogens with one attached hydrogen (secondary N) is 3. The van der Waals surface area contributed by atoms with Gasteiger partial charge in [0.2, 0.25) is 0 Å². The fraction of sp³-hybridized carbons (Fsp3) is 1.00. The SMILES string of the molecule is NNC1CNNC(CO)C1O. The summed E-state index contributed by atoms with van der Waals surface area (Å²) in [7, 11) is 0. The zero-order valence-electron chi connectivity index (χ0n) is 6.12. The zero-order chi connectivity index (χ0) is 8.27. The van der Waals surface area contributed by atoms with Gasteiger partial charge in [-0.25, -0.2) is 5.43 Å². The van der Waals surface area contributed by atoms with Crippen LogP contribution in [0.5, 0.6) is 0 Å². The van der Waals surface area contributed by atoms with E-state index in [0.29, 0.717) is 6.54 Å². The van der Waals surface area contributed by atoms with Crippen LogP contribution in [0.4, 0.5) is 0 Å². The van der Waals surface area contributed by atoms with E-state index in [1.54, 1.807) is 0 Å². The van der Waals surface area contributed by atoms with Crippen LogP contribution in [0.1, 0.15) is 0 Å². The van der Waals surface area contributed by atoms with Crippen molar-refractivity contribution >= 4 is 0 Å². The van der Waals surface area contributed by atoms with Crippen LogP contribution in [0.15, 0.2) is 0 Å². The van der Waals surface area contributed by atoms with Crippen LogP contribution < -0.4 is 22.1 Å². The average Bonchev–Trinajstić information content (AvgIpc) is 2.05. The highest BCUT2D eigenvalue weighted by Crippen LogP contribution is 2.01. The molecule has 0 aromatic heterocycles. The van der Waals surface area contributed by atoms with E-state index in [-0.39, 0.29) is 18.7 Å². The number of hydrogen-bond acceptors (Lipinski definition) is 6. The van der Waals surface area contributed by atoms with Crippen LogP contribution in [0, 0.1) is 0 Å². The molecular formula is C5H14N4O2. The van der Waals surface area contributed by atoms with E-state index in [0.717, 1.165) is 0 Å². The van der Waals surface area contributed by atoms with Gasteiger partial charge in [0.25, 0.3) is 0 Å². The molecule has 0 aromatic carbocycles. The Morgan fingerprint density at radius 3 is 2.91 bits per heavy atom. The van der Waals surface area contributed by atoms with Crippen molar-refractivity contribution in [1.29, 1.82) is 0 Å². The molecular weight excluding hydrogens is 148 g/mol. The molecule has 0 radical (unpaired) electrons. The van der Waals surface area contributed by atoms with E-state index >= 15 is 0 Å². The Bertz CT molecular complexity index is 111. The molecule has 1 heterocycles. The van der Waals surface area contributed by atoms with E-state index in [1.165, 1.54) is 0 Å². The third kappa shape index (κ3) is 1.86. The molecule has 11 heavy (non-hydrogen) atoms. The Balaban J connectivity index is 2.45. The van der Waals surface area contributed by atoms with Gasteiger partial charge in [-0.05, 0) is 0 Å². The minimum absolute atomic E-state index is 0.119. The van der Waals surface area contributed by atoms with E-state index in [4.69, 9.17) is 10.9 Å². The van der Waals surface area contributed by atoms with Gasteiger partial charge in [-0.15, -0.1) is 0 Å². The first-order valence-electron chi connectivity index (χ1n) is 3.53. The molecule has 3 unspecified atom stereocenters. The first-order chi connectivity index (χ1) is 5.29. The molecule has 66 valence electrons. The molecule has 7 N–H and O–H groups in total. The molecule has 0 amide bonds. The Hall–Kier alpha value is -0.240. The van der Waals surface area contributed by atoms with Crippen molar-refractivity contribution in [2.24, 2.45) is 5.84 Å². The second-order valence-electron chi connectivity index (χ2n) is 2.58. The van der Waals surface area contributed by atoms with Crippen molar-refractivity contribution < 1.29 is 10.2 Å². The molecule has 1 rings (SSSR count). The van der Waals surface area contributed by atoms with Gasteiger partial charge < -0.3 is 10.2 Å². The predicted molar refractivity (Wildman–Crippen MR) is 39.1 cm³/mol. The summed E-state index contributed by atoms with van der Waals surface area (Å²) in [6.45, 7) is 0.417. The first kappa shape index (κ1) is 8.85. The van der Waals surface area contributed by atoms with Crippen molar-refractivity contribution in [2.45, 2.75) is 18.2 Å². The summed E-state index contributed by atoms with van der Waals surface area (Å²) >= 11 is 0. The van der Waals surface area contributed by atoms with Crippen LogP contribution in [0.3, 0.4) is 0 Å². The normalized spacial score (nSPS) is 39.0. The molecule has 1 fully saturated rings. The van der Waals surface area contributed by atoms with Gasteiger partial charge in [-0.1, -0.05) is 0 Å². The Kier molecular flexibility index (Phi) is 3.18. The number of rotatable bonds is 2. The number of nitrogens with two attached hydrogens (primary N) is 1. The Morgan fingerprint density at radius 1 is 1.64 bits per heavy atom. The summed E-state index contributed by atoms with van der Waals surface area (Å²) in [6, 6.07) is -0.571. The monoisotopic (exact) mass is 162 g/mol. The third-order valence-electron chi connectivity index (χ3n) is 1.84. The summed E-state index contributed by atoms with van der Waals surface area (Å²) in [6.07, 6.45) is -0.661. The summed E-state index contributed by atoms with van der Waals surface area (Å²) in [5, 5.41) is 18.2. The van der Waals surface area contributed by atoms with Crippen molar-refractivity contribution in [3.05, 3.63) is 0 Å². The van der Waals surface area contributed by atoms with Gasteiger partial charge >= 0.3 is 0 Å². The highest BCUT2D eigenvalue weighted by atomic mass is 16.3. The highest BCUT2D eigenvalue weighted by molar-refractivity contribution is 4.88. The molecule has 0 aromatic rings. The summed E-state index contributed by atoms with van der Waals surface area (Å²) in [5.74, 6) is 5.15. The van der Waals surface area contributed by atoms with Crippen molar-refractivity contribution in [3.8, 4) is 0 Å². The van der Waals surface area contributed by atoms with E-state index < -0.39 is 6.10 Å². The van der Waals surface area contributed by atoms with Gasteiger partial charge in [0, 0.05) is 6.54 Å². The second-order valence-corrected chi connectivity index (χ2v) is 2.58. The molecule has 0 saturated carbocycles. The maximum atomic E-state index is 9.42. The lowest BCUT2D eigenvalue weighted by Crippen LogP contribution is -2.66. The molecule has 0 aliphatic carbocycles. The largest absolute Gasteiger partial charge is 0.395 e. The van der Waals surface area contributed by atoms with Crippen molar-refractivity contribution in [1.82, 2.24) is 16.3 Å². The quantitative estimate of drug-likeness (QED) is 0.187. The van der Waals surface area contributed by atoms with Crippen molar-refractivity contribution in [2.75, 3.05) is 13.2 Å². The lowest BCUT2D eigenvalue weighted by molar-refractivity contribution is 0.0280. The van der Waals surface area contributed by atoms with Crippen LogP contribution in [0.25, 0.3) is 0 Å². The predicted octanol–water partition coefficient (Wildman–Crippen LogP) is -3.35. The molecule has 0 spiro atoms. The molecule has 0 bridgehead atoms. The highest BCUT2D eigenvalue weighted by Gasteiger charge is 2.29. The van der Waals surface area contributed by atoms with Crippen LogP contribution in [0.2, 0.25) is 0 Å². The Morgan fingerprint density at radius 2 is 2.36 bits per heavy atom. The van der Waals surface area contributed by atoms with Crippen LogP contribution in [-0.2, 0) is 0 Å². The Labute approximate surface area is 64.7 Å².